The molecule has 25 heavy (non-hydrogen) atoms. The fourth-order valence-corrected chi connectivity index (χ4v) is 3.52. The summed E-state index contributed by atoms with van der Waals surface area (Å²) in [6.45, 7) is 1.29. The first kappa shape index (κ1) is 17.5. The molecule has 0 spiro atoms. The maximum absolute atomic E-state index is 12.3. The average molecular weight is 345 g/mol. The smallest absolute Gasteiger partial charge is 0.321 e. The number of nitrogens with one attached hydrogen (secondary N) is 3. The Labute approximate surface area is 148 Å². The molecule has 7 nitrogen and oxygen atoms in total. The maximum Gasteiger partial charge on any atom is 0.321 e. The van der Waals surface area contributed by atoms with Crippen molar-refractivity contribution in [3.05, 3.63) is 24.5 Å². The summed E-state index contributed by atoms with van der Waals surface area (Å²) in [5, 5.41) is 9.01. The number of hydrogen-bond acceptors (Lipinski definition) is 3. The zero-order valence-corrected chi connectivity index (χ0v) is 14.5. The van der Waals surface area contributed by atoms with Crippen LogP contribution in [0.2, 0.25) is 0 Å². The van der Waals surface area contributed by atoms with Crippen LogP contribution >= 0.6 is 0 Å². The second-order valence-electron chi connectivity index (χ2n) is 6.88. The predicted octanol–water partition coefficient (Wildman–Crippen LogP) is 2.71. The molecule has 2 aliphatic rings. The predicted molar refractivity (Wildman–Crippen MR) is 96.4 cm³/mol. The Kier molecular flexibility index (Phi) is 6.09. The van der Waals surface area contributed by atoms with Gasteiger partial charge in [0.1, 0.15) is 0 Å². The van der Waals surface area contributed by atoms with Gasteiger partial charge in [-0.05, 0) is 37.8 Å². The van der Waals surface area contributed by atoms with Crippen molar-refractivity contribution in [3.8, 4) is 0 Å². The van der Waals surface area contributed by atoms with Crippen LogP contribution < -0.4 is 16.0 Å². The largest absolute Gasteiger partial charge is 0.335 e. The SMILES string of the molecule is O=C(NC1CCCCC1)NC1CCN(C(=O)Nc2ccncc2)CC1. The van der Waals surface area contributed by atoms with E-state index in [-0.39, 0.29) is 18.1 Å². The van der Waals surface area contributed by atoms with Crippen LogP contribution in [-0.4, -0.2) is 47.1 Å². The molecular weight excluding hydrogens is 318 g/mol. The van der Waals surface area contributed by atoms with Crippen molar-refractivity contribution in [3.63, 3.8) is 0 Å². The van der Waals surface area contributed by atoms with Crippen molar-refractivity contribution in [2.45, 2.75) is 57.0 Å². The standard InChI is InChI=1S/C18H27N5O2/c24-17(20-14-4-2-1-3-5-14)21-16-8-12-23(13-9-16)18(25)22-15-6-10-19-11-7-15/h6-7,10-11,14,16H,1-5,8-9,12-13H2,(H,19,22,25)(H2,20,21,24). The molecule has 0 bridgehead atoms. The lowest BCUT2D eigenvalue weighted by Crippen LogP contribution is -2.51. The number of nitrogens with zero attached hydrogens (tertiary/aromatic N) is 2. The number of likely N-dealkylation sites (tertiary alicyclic amines) is 1. The molecule has 1 saturated heterocycles. The second-order valence-corrected chi connectivity index (χ2v) is 6.88. The van der Waals surface area contributed by atoms with Crippen LogP contribution in [0.25, 0.3) is 0 Å². The van der Waals surface area contributed by atoms with E-state index in [0.717, 1.165) is 31.4 Å². The number of carbonyl (C=O) groups is 2. The molecule has 3 N–H and O–H groups in total. The Bertz CT molecular complexity index is 566. The number of rotatable bonds is 3. The quantitative estimate of drug-likeness (QED) is 0.787. The number of anilines is 1. The molecule has 0 aromatic carbocycles. The van der Waals surface area contributed by atoms with Gasteiger partial charge in [0, 0.05) is 43.3 Å². The summed E-state index contributed by atoms with van der Waals surface area (Å²) in [5.74, 6) is 0. The van der Waals surface area contributed by atoms with Gasteiger partial charge in [-0.2, -0.15) is 0 Å². The van der Waals surface area contributed by atoms with Gasteiger partial charge in [-0.25, -0.2) is 9.59 Å². The molecule has 0 atom stereocenters. The highest BCUT2D eigenvalue weighted by Gasteiger charge is 2.24. The summed E-state index contributed by atoms with van der Waals surface area (Å²) in [6, 6.07) is 3.82. The number of hydrogen-bond donors (Lipinski definition) is 3. The Morgan fingerprint density at radius 3 is 2.16 bits per heavy atom. The molecular formula is C18H27N5O2. The zero-order valence-electron chi connectivity index (χ0n) is 14.5. The molecule has 2 heterocycles. The number of carbonyl (C=O) groups excluding carboxylic acids is 2. The van der Waals surface area contributed by atoms with Gasteiger partial charge in [0.25, 0.3) is 0 Å². The Morgan fingerprint density at radius 1 is 0.920 bits per heavy atom. The van der Waals surface area contributed by atoms with E-state index in [9.17, 15) is 9.59 Å². The fraction of sp³-hybridized carbons (Fsp3) is 0.611. The average Bonchev–Trinajstić information content (AvgIpc) is 2.64. The minimum Gasteiger partial charge on any atom is -0.335 e. The van der Waals surface area contributed by atoms with E-state index < -0.39 is 0 Å². The molecule has 3 rings (SSSR count). The molecule has 0 radical (unpaired) electrons. The van der Waals surface area contributed by atoms with E-state index >= 15 is 0 Å². The zero-order chi connectivity index (χ0) is 17.5. The molecule has 1 aliphatic carbocycles. The molecule has 2 fully saturated rings. The third kappa shape index (κ3) is 5.34. The summed E-state index contributed by atoms with van der Waals surface area (Å²) in [7, 11) is 0. The lowest BCUT2D eigenvalue weighted by molar-refractivity contribution is 0.186. The van der Waals surface area contributed by atoms with Crippen LogP contribution in [0.5, 0.6) is 0 Å². The van der Waals surface area contributed by atoms with Crippen LogP contribution in [0.4, 0.5) is 15.3 Å². The van der Waals surface area contributed by atoms with Gasteiger partial charge in [-0.1, -0.05) is 19.3 Å². The highest BCUT2D eigenvalue weighted by atomic mass is 16.2. The van der Waals surface area contributed by atoms with Crippen molar-refractivity contribution in [2.24, 2.45) is 0 Å². The van der Waals surface area contributed by atoms with Crippen LogP contribution in [0.1, 0.15) is 44.9 Å². The van der Waals surface area contributed by atoms with E-state index in [1.807, 2.05) is 0 Å². The van der Waals surface area contributed by atoms with Crippen LogP contribution in [0, 0.1) is 0 Å². The third-order valence-electron chi connectivity index (χ3n) is 4.99. The van der Waals surface area contributed by atoms with Crippen molar-refractivity contribution >= 4 is 17.7 Å². The van der Waals surface area contributed by atoms with Gasteiger partial charge in [0.05, 0.1) is 0 Å². The fourth-order valence-electron chi connectivity index (χ4n) is 3.52. The number of pyridine rings is 1. The third-order valence-corrected chi connectivity index (χ3v) is 4.99. The van der Waals surface area contributed by atoms with Crippen LogP contribution in [0.3, 0.4) is 0 Å². The molecule has 7 heteroatoms. The van der Waals surface area contributed by atoms with Gasteiger partial charge in [-0.15, -0.1) is 0 Å². The molecule has 1 aliphatic heterocycles. The number of piperidine rings is 1. The van der Waals surface area contributed by atoms with E-state index in [4.69, 9.17) is 0 Å². The van der Waals surface area contributed by atoms with E-state index in [2.05, 4.69) is 20.9 Å². The first-order valence-corrected chi connectivity index (χ1v) is 9.24. The molecule has 0 unspecified atom stereocenters. The minimum atomic E-state index is -0.101. The molecule has 4 amide bonds. The molecule has 1 saturated carbocycles. The Balaban J connectivity index is 1.37. The van der Waals surface area contributed by atoms with Gasteiger partial charge in [0.15, 0.2) is 0 Å². The van der Waals surface area contributed by atoms with Crippen molar-refractivity contribution < 1.29 is 9.59 Å². The van der Waals surface area contributed by atoms with E-state index in [1.54, 1.807) is 29.4 Å². The highest BCUT2D eigenvalue weighted by Crippen LogP contribution is 2.17. The van der Waals surface area contributed by atoms with Gasteiger partial charge < -0.3 is 20.9 Å². The van der Waals surface area contributed by atoms with Gasteiger partial charge in [-0.3, -0.25) is 4.98 Å². The monoisotopic (exact) mass is 345 g/mol. The van der Waals surface area contributed by atoms with Crippen molar-refractivity contribution in [1.29, 1.82) is 0 Å². The van der Waals surface area contributed by atoms with Crippen molar-refractivity contribution in [1.82, 2.24) is 20.5 Å². The lowest BCUT2D eigenvalue weighted by atomic mass is 9.96. The summed E-state index contributed by atoms with van der Waals surface area (Å²) < 4.78 is 0. The second kappa shape index (κ2) is 8.69. The minimum absolute atomic E-state index is 0.0633. The Morgan fingerprint density at radius 2 is 1.52 bits per heavy atom. The van der Waals surface area contributed by atoms with Crippen LogP contribution in [-0.2, 0) is 0 Å². The Hall–Kier alpha value is -2.31. The molecule has 1 aromatic rings. The maximum atomic E-state index is 12.3. The first-order chi connectivity index (χ1) is 12.2. The molecule has 1 aromatic heterocycles. The molecule has 136 valence electrons. The first-order valence-electron chi connectivity index (χ1n) is 9.24. The van der Waals surface area contributed by atoms with Gasteiger partial charge in [0.2, 0.25) is 0 Å². The lowest BCUT2D eigenvalue weighted by Gasteiger charge is -2.33. The number of aromatic nitrogens is 1. The summed E-state index contributed by atoms with van der Waals surface area (Å²) in [6.07, 6.45) is 10.7. The number of amides is 4. The van der Waals surface area contributed by atoms with Crippen LogP contribution in [0.15, 0.2) is 24.5 Å². The van der Waals surface area contributed by atoms with E-state index in [1.165, 1.54) is 19.3 Å². The van der Waals surface area contributed by atoms with E-state index in [0.29, 0.717) is 19.1 Å². The van der Waals surface area contributed by atoms with Crippen molar-refractivity contribution in [2.75, 3.05) is 18.4 Å². The number of urea groups is 2. The normalized spacial score (nSPS) is 19.3. The topological polar surface area (TPSA) is 86.4 Å². The summed E-state index contributed by atoms with van der Waals surface area (Å²) in [4.78, 5) is 30.1. The van der Waals surface area contributed by atoms with Gasteiger partial charge >= 0.3 is 12.1 Å². The summed E-state index contributed by atoms with van der Waals surface area (Å²) in [5.41, 5.74) is 0.743. The highest BCUT2D eigenvalue weighted by molar-refractivity contribution is 5.89. The summed E-state index contributed by atoms with van der Waals surface area (Å²) >= 11 is 0.